The molecule has 1 aromatic heterocycles. The molecule has 1 aliphatic rings. The summed E-state index contributed by atoms with van der Waals surface area (Å²) in [6.45, 7) is 5.62. The average molecular weight is 272 g/mol. The third-order valence-corrected chi connectivity index (χ3v) is 4.05. The van der Waals surface area contributed by atoms with Gasteiger partial charge in [0.25, 0.3) is 0 Å². The Hall–Kier alpha value is -1.88. The fourth-order valence-corrected chi connectivity index (χ4v) is 2.91. The smallest absolute Gasteiger partial charge is 0.209 e. The fourth-order valence-electron chi connectivity index (χ4n) is 2.91. The quantitative estimate of drug-likeness (QED) is 0.863. The predicted octanol–water partition coefficient (Wildman–Crippen LogP) is 1.79. The van der Waals surface area contributed by atoms with E-state index in [2.05, 4.69) is 22.9 Å². The summed E-state index contributed by atoms with van der Waals surface area (Å²) in [7, 11) is 0. The fraction of sp³-hybridized carbons (Fsp3) is 0.467. The molecule has 1 atom stereocenters. The maximum absolute atomic E-state index is 10.8. The van der Waals surface area contributed by atoms with Gasteiger partial charge in [-0.2, -0.15) is 0 Å². The summed E-state index contributed by atoms with van der Waals surface area (Å²) in [6.07, 6.45) is 1.96. The van der Waals surface area contributed by atoms with Crippen molar-refractivity contribution in [3.05, 3.63) is 30.1 Å². The van der Waals surface area contributed by atoms with E-state index in [-0.39, 0.29) is 0 Å². The number of nitrogens with one attached hydrogen (secondary N) is 1. The van der Waals surface area contributed by atoms with Gasteiger partial charge < -0.3 is 9.88 Å². The molecule has 1 unspecified atom stereocenters. The summed E-state index contributed by atoms with van der Waals surface area (Å²) in [5, 5.41) is 0. The summed E-state index contributed by atoms with van der Waals surface area (Å²) in [6, 6.07) is 8.43. The molecule has 2 aromatic rings. The van der Waals surface area contributed by atoms with E-state index in [1.54, 1.807) is 0 Å². The Morgan fingerprint density at radius 2 is 2.05 bits per heavy atom. The van der Waals surface area contributed by atoms with Gasteiger partial charge in [-0.1, -0.05) is 19.1 Å². The number of hydrogen-bond acceptors (Lipinski definition) is 3. The molecule has 106 valence electrons. The van der Waals surface area contributed by atoms with Crippen LogP contribution in [0.5, 0.6) is 0 Å². The van der Waals surface area contributed by atoms with Gasteiger partial charge in [-0.3, -0.25) is 9.69 Å². The van der Waals surface area contributed by atoms with Gasteiger partial charge in [0, 0.05) is 26.2 Å². The number of H-pyrrole nitrogens is 1. The SMILES string of the molecule is CCC(c1nc2ccccc2[nH]1)N1CCN(C=O)CC1. The number of para-hydroxylation sites is 2. The molecule has 5 heteroatoms. The van der Waals surface area contributed by atoms with Crippen LogP contribution in [0.2, 0.25) is 0 Å². The highest BCUT2D eigenvalue weighted by molar-refractivity contribution is 5.74. The Morgan fingerprint density at radius 1 is 1.30 bits per heavy atom. The van der Waals surface area contributed by atoms with Crippen molar-refractivity contribution in [2.45, 2.75) is 19.4 Å². The third kappa shape index (κ3) is 2.41. The number of piperazine rings is 1. The van der Waals surface area contributed by atoms with Gasteiger partial charge in [0.1, 0.15) is 5.82 Å². The first-order chi connectivity index (χ1) is 9.81. The predicted molar refractivity (Wildman–Crippen MR) is 78.3 cm³/mol. The van der Waals surface area contributed by atoms with Crippen LogP contribution in [0.25, 0.3) is 11.0 Å². The molecule has 0 aliphatic carbocycles. The van der Waals surface area contributed by atoms with Gasteiger partial charge in [0.15, 0.2) is 0 Å². The second kappa shape index (κ2) is 5.63. The van der Waals surface area contributed by atoms with Crippen LogP contribution < -0.4 is 0 Å². The number of fused-ring (bicyclic) bond motifs is 1. The summed E-state index contributed by atoms with van der Waals surface area (Å²) in [4.78, 5) is 23.2. The van der Waals surface area contributed by atoms with Crippen molar-refractivity contribution in [2.24, 2.45) is 0 Å². The number of nitrogens with zero attached hydrogens (tertiary/aromatic N) is 3. The molecule has 0 radical (unpaired) electrons. The topological polar surface area (TPSA) is 52.2 Å². The number of rotatable bonds is 4. The van der Waals surface area contributed by atoms with E-state index in [1.165, 1.54) is 0 Å². The lowest BCUT2D eigenvalue weighted by Crippen LogP contribution is -2.47. The Labute approximate surface area is 118 Å². The number of benzene rings is 1. The highest BCUT2D eigenvalue weighted by Gasteiger charge is 2.25. The zero-order valence-electron chi connectivity index (χ0n) is 11.7. The van der Waals surface area contributed by atoms with Crippen LogP contribution in [0.4, 0.5) is 0 Å². The molecule has 0 spiro atoms. The zero-order chi connectivity index (χ0) is 13.9. The normalized spacial score (nSPS) is 18.4. The maximum atomic E-state index is 10.8. The van der Waals surface area contributed by atoms with Crippen molar-refractivity contribution in [1.29, 1.82) is 0 Å². The minimum Gasteiger partial charge on any atom is -0.343 e. The van der Waals surface area contributed by atoms with E-state index in [1.807, 2.05) is 23.1 Å². The number of hydrogen-bond donors (Lipinski definition) is 1. The summed E-state index contributed by atoms with van der Waals surface area (Å²) < 4.78 is 0. The molecular formula is C15H20N4O. The molecular weight excluding hydrogens is 252 g/mol. The van der Waals surface area contributed by atoms with E-state index < -0.39 is 0 Å². The molecule has 1 aromatic carbocycles. The zero-order valence-corrected chi connectivity index (χ0v) is 11.7. The van der Waals surface area contributed by atoms with Crippen molar-refractivity contribution < 1.29 is 4.79 Å². The molecule has 2 heterocycles. The summed E-state index contributed by atoms with van der Waals surface area (Å²) in [5.74, 6) is 1.04. The highest BCUT2D eigenvalue weighted by atomic mass is 16.1. The van der Waals surface area contributed by atoms with Crippen LogP contribution in [-0.4, -0.2) is 52.4 Å². The van der Waals surface area contributed by atoms with Gasteiger partial charge in [-0.25, -0.2) is 4.98 Å². The van der Waals surface area contributed by atoms with Crippen molar-refractivity contribution in [2.75, 3.05) is 26.2 Å². The molecule has 5 nitrogen and oxygen atoms in total. The van der Waals surface area contributed by atoms with Gasteiger partial charge in [0.2, 0.25) is 6.41 Å². The van der Waals surface area contributed by atoms with Gasteiger partial charge in [0.05, 0.1) is 17.1 Å². The Kier molecular flexibility index (Phi) is 3.69. The number of carbonyl (C=O) groups is 1. The first kappa shape index (κ1) is 13.1. The van der Waals surface area contributed by atoms with Gasteiger partial charge in [-0.05, 0) is 18.6 Å². The largest absolute Gasteiger partial charge is 0.343 e. The van der Waals surface area contributed by atoms with Crippen LogP contribution >= 0.6 is 0 Å². The molecule has 0 saturated carbocycles. The Bertz CT molecular complexity index is 553. The standard InChI is InChI=1S/C15H20N4O/c1-2-14(19-9-7-18(11-20)8-10-19)15-16-12-5-3-4-6-13(12)17-15/h3-6,11,14H,2,7-10H2,1H3,(H,16,17). The molecule has 1 fully saturated rings. The number of aromatic amines is 1. The Morgan fingerprint density at radius 3 is 2.70 bits per heavy atom. The molecule has 0 bridgehead atoms. The molecule has 3 rings (SSSR count). The third-order valence-electron chi connectivity index (χ3n) is 4.05. The van der Waals surface area contributed by atoms with Crippen LogP contribution in [0.3, 0.4) is 0 Å². The number of amides is 1. The van der Waals surface area contributed by atoms with Gasteiger partial charge >= 0.3 is 0 Å². The summed E-state index contributed by atoms with van der Waals surface area (Å²) in [5.41, 5.74) is 2.11. The second-order valence-electron chi connectivity index (χ2n) is 5.24. The monoisotopic (exact) mass is 272 g/mol. The first-order valence-corrected chi connectivity index (χ1v) is 7.20. The molecule has 1 amide bonds. The van der Waals surface area contributed by atoms with Gasteiger partial charge in [-0.15, -0.1) is 0 Å². The maximum Gasteiger partial charge on any atom is 0.209 e. The molecule has 1 aliphatic heterocycles. The van der Waals surface area contributed by atoms with Crippen LogP contribution in [0.15, 0.2) is 24.3 Å². The minimum atomic E-state index is 0.302. The molecule has 1 N–H and O–H groups in total. The van der Waals surface area contributed by atoms with Crippen LogP contribution in [0, 0.1) is 0 Å². The molecule has 20 heavy (non-hydrogen) atoms. The lowest BCUT2D eigenvalue weighted by Gasteiger charge is -2.36. The van der Waals surface area contributed by atoms with Crippen molar-refractivity contribution in [3.63, 3.8) is 0 Å². The summed E-state index contributed by atoms with van der Waals surface area (Å²) >= 11 is 0. The molecule has 1 saturated heterocycles. The number of carbonyl (C=O) groups excluding carboxylic acids is 1. The highest BCUT2D eigenvalue weighted by Crippen LogP contribution is 2.25. The van der Waals surface area contributed by atoms with E-state index >= 15 is 0 Å². The van der Waals surface area contributed by atoms with E-state index in [4.69, 9.17) is 4.98 Å². The Balaban J connectivity index is 1.80. The number of imidazole rings is 1. The van der Waals surface area contributed by atoms with Crippen molar-refractivity contribution in [1.82, 2.24) is 19.8 Å². The van der Waals surface area contributed by atoms with E-state index in [9.17, 15) is 4.79 Å². The lowest BCUT2D eigenvalue weighted by atomic mass is 10.1. The lowest BCUT2D eigenvalue weighted by molar-refractivity contribution is -0.120. The first-order valence-electron chi connectivity index (χ1n) is 7.20. The average Bonchev–Trinajstić information content (AvgIpc) is 2.92. The minimum absolute atomic E-state index is 0.302. The van der Waals surface area contributed by atoms with Crippen LogP contribution in [0.1, 0.15) is 25.2 Å². The van der Waals surface area contributed by atoms with Crippen LogP contribution in [-0.2, 0) is 4.79 Å². The second-order valence-corrected chi connectivity index (χ2v) is 5.24. The number of aromatic nitrogens is 2. The van der Waals surface area contributed by atoms with E-state index in [0.29, 0.717) is 6.04 Å². The van der Waals surface area contributed by atoms with E-state index in [0.717, 1.165) is 55.9 Å². The van der Waals surface area contributed by atoms with Crippen molar-refractivity contribution >= 4 is 17.4 Å². The van der Waals surface area contributed by atoms with Crippen molar-refractivity contribution in [3.8, 4) is 0 Å².